The van der Waals surface area contributed by atoms with Gasteiger partial charge in [-0.2, -0.15) is 0 Å². The van der Waals surface area contributed by atoms with Crippen LogP contribution in [0.1, 0.15) is 31.5 Å². The Hall–Kier alpha value is -2.67. The molecule has 27 heavy (non-hydrogen) atoms. The Balaban J connectivity index is 1.50. The van der Waals surface area contributed by atoms with Gasteiger partial charge in [-0.25, -0.2) is 0 Å². The van der Waals surface area contributed by atoms with Crippen LogP contribution in [0.5, 0.6) is 0 Å². The monoisotopic (exact) mass is 379 g/mol. The standard InChI is InChI=1S/C20H21N5OS/c1-3-12-25-18(14-9-10-14)23-24-20(25)27-13(2)19(26)22-17-8-4-7-16-15(17)6-5-11-21-16/h3-8,11,13-14H,1,9-10,12H2,2H3,(H,22,26)/t13-/m1/s1. The molecule has 7 heteroatoms. The van der Waals surface area contributed by atoms with Crippen molar-refractivity contribution in [2.24, 2.45) is 0 Å². The summed E-state index contributed by atoms with van der Waals surface area (Å²) in [6.07, 6.45) is 5.90. The molecule has 1 fully saturated rings. The molecule has 1 N–H and O–H groups in total. The lowest BCUT2D eigenvalue weighted by Crippen LogP contribution is -2.23. The average molecular weight is 379 g/mol. The van der Waals surface area contributed by atoms with Gasteiger partial charge in [-0.1, -0.05) is 23.9 Å². The van der Waals surface area contributed by atoms with Crippen LogP contribution in [0.25, 0.3) is 10.9 Å². The third-order valence-corrected chi connectivity index (χ3v) is 5.64. The van der Waals surface area contributed by atoms with Crippen molar-refractivity contribution in [1.82, 2.24) is 19.7 Å². The van der Waals surface area contributed by atoms with Crippen LogP contribution in [-0.4, -0.2) is 30.9 Å². The zero-order valence-corrected chi connectivity index (χ0v) is 15.9. The summed E-state index contributed by atoms with van der Waals surface area (Å²) in [5, 5.41) is 13.1. The van der Waals surface area contributed by atoms with E-state index in [9.17, 15) is 4.79 Å². The first-order valence-corrected chi connectivity index (χ1v) is 9.90. The number of fused-ring (bicyclic) bond motifs is 1. The fourth-order valence-corrected chi connectivity index (χ4v) is 3.86. The Kier molecular flexibility index (Phi) is 4.94. The minimum absolute atomic E-state index is 0.0718. The van der Waals surface area contributed by atoms with Gasteiger partial charge in [0, 0.05) is 24.0 Å². The van der Waals surface area contributed by atoms with Gasteiger partial charge < -0.3 is 9.88 Å². The maximum atomic E-state index is 12.8. The van der Waals surface area contributed by atoms with Crippen LogP contribution in [-0.2, 0) is 11.3 Å². The van der Waals surface area contributed by atoms with Crippen LogP contribution >= 0.6 is 11.8 Å². The van der Waals surface area contributed by atoms with Crippen LogP contribution in [0.2, 0.25) is 0 Å². The summed E-state index contributed by atoms with van der Waals surface area (Å²) in [5.41, 5.74) is 1.62. The highest BCUT2D eigenvalue weighted by Gasteiger charge is 2.31. The van der Waals surface area contributed by atoms with Crippen molar-refractivity contribution in [1.29, 1.82) is 0 Å². The van der Waals surface area contributed by atoms with Gasteiger partial charge in [-0.15, -0.1) is 16.8 Å². The van der Waals surface area contributed by atoms with E-state index in [0.717, 1.165) is 40.4 Å². The summed E-state index contributed by atoms with van der Waals surface area (Å²) < 4.78 is 2.07. The van der Waals surface area contributed by atoms with Gasteiger partial charge in [0.05, 0.1) is 16.5 Å². The van der Waals surface area contributed by atoms with E-state index in [4.69, 9.17) is 0 Å². The predicted molar refractivity (Wildman–Crippen MR) is 108 cm³/mol. The highest BCUT2D eigenvalue weighted by atomic mass is 32.2. The molecular formula is C20H21N5OS. The molecule has 2 aromatic heterocycles. The van der Waals surface area contributed by atoms with Crippen molar-refractivity contribution in [2.75, 3.05) is 5.32 Å². The number of benzene rings is 1. The fraction of sp³-hybridized carbons (Fsp3) is 0.300. The first-order chi connectivity index (χ1) is 13.2. The normalized spacial score (nSPS) is 14.9. The number of nitrogens with one attached hydrogen (secondary N) is 1. The van der Waals surface area contributed by atoms with E-state index < -0.39 is 0 Å². The van der Waals surface area contributed by atoms with Crippen LogP contribution < -0.4 is 5.32 Å². The molecule has 0 aliphatic heterocycles. The van der Waals surface area contributed by atoms with Crippen LogP contribution in [0.4, 0.5) is 5.69 Å². The van der Waals surface area contributed by atoms with Crippen molar-refractivity contribution in [2.45, 2.75) is 42.6 Å². The topological polar surface area (TPSA) is 72.7 Å². The van der Waals surface area contributed by atoms with Gasteiger partial charge in [-0.3, -0.25) is 9.78 Å². The second kappa shape index (κ2) is 7.52. The van der Waals surface area contributed by atoms with Gasteiger partial charge >= 0.3 is 0 Å². The summed E-state index contributed by atoms with van der Waals surface area (Å²) >= 11 is 1.42. The van der Waals surface area contributed by atoms with Crippen LogP contribution in [0.15, 0.2) is 54.3 Å². The number of aromatic nitrogens is 4. The van der Waals surface area contributed by atoms with Crippen LogP contribution in [0.3, 0.4) is 0 Å². The zero-order valence-electron chi connectivity index (χ0n) is 15.1. The molecule has 1 saturated carbocycles. The summed E-state index contributed by atoms with van der Waals surface area (Å²) in [6.45, 7) is 6.37. The van der Waals surface area contributed by atoms with Crippen LogP contribution in [0, 0.1) is 0 Å². The van der Waals surface area contributed by atoms with E-state index in [0.29, 0.717) is 12.5 Å². The lowest BCUT2D eigenvalue weighted by Gasteiger charge is -2.14. The molecule has 6 nitrogen and oxygen atoms in total. The molecule has 0 unspecified atom stereocenters. The Morgan fingerprint density at radius 2 is 2.22 bits per heavy atom. The molecule has 1 aliphatic rings. The number of carbonyl (C=O) groups is 1. The van der Waals surface area contributed by atoms with Crippen molar-refractivity contribution in [3.05, 3.63) is 55.0 Å². The number of anilines is 1. The molecular weight excluding hydrogens is 358 g/mol. The van der Waals surface area contributed by atoms with Crippen molar-refractivity contribution >= 4 is 34.3 Å². The zero-order chi connectivity index (χ0) is 18.8. The second-order valence-corrected chi connectivity index (χ2v) is 7.95. The van der Waals surface area contributed by atoms with E-state index in [2.05, 4.69) is 31.6 Å². The quantitative estimate of drug-likeness (QED) is 0.496. The van der Waals surface area contributed by atoms with E-state index in [1.165, 1.54) is 11.8 Å². The molecule has 0 saturated heterocycles. The van der Waals surface area contributed by atoms with Gasteiger partial charge in [-0.05, 0) is 44.0 Å². The number of thioether (sulfide) groups is 1. The highest BCUT2D eigenvalue weighted by Crippen LogP contribution is 2.40. The lowest BCUT2D eigenvalue weighted by molar-refractivity contribution is -0.115. The SMILES string of the molecule is C=CCn1c(S[C@H](C)C(=O)Nc2cccc3ncccc23)nnc1C1CC1. The Morgan fingerprint density at radius 3 is 3.00 bits per heavy atom. The largest absolute Gasteiger partial charge is 0.324 e. The molecule has 2 heterocycles. The van der Waals surface area contributed by atoms with Gasteiger partial charge in [0.25, 0.3) is 0 Å². The molecule has 4 rings (SSSR count). The number of hydrogen-bond donors (Lipinski definition) is 1. The summed E-state index contributed by atoms with van der Waals surface area (Å²) in [6, 6.07) is 9.54. The first kappa shape index (κ1) is 17.7. The summed E-state index contributed by atoms with van der Waals surface area (Å²) in [7, 11) is 0. The van der Waals surface area contributed by atoms with E-state index in [1.807, 2.05) is 43.3 Å². The lowest BCUT2D eigenvalue weighted by atomic mass is 10.2. The number of hydrogen-bond acceptors (Lipinski definition) is 5. The Labute approximate surface area is 162 Å². The minimum atomic E-state index is -0.309. The number of pyridine rings is 1. The molecule has 1 amide bonds. The third-order valence-electron chi connectivity index (χ3n) is 4.55. The Morgan fingerprint density at radius 1 is 1.37 bits per heavy atom. The number of rotatable bonds is 7. The van der Waals surface area contributed by atoms with E-state index in [-0.39, 0.29) is 11.2 Å². The highest BCUT2D eigenvalue weighted by molar-refractivity contribution is 8.00. The molecule has 1 aliphatic carbocycles. The number of carbonyl (C=O) groups excluding carboxylic acids is 1. The molecule has 0 radical (unpaired) electrons. The van der Waals surface area contributed by atoms with Crippen molar-refractivity contribution in [3.8, 4) is 0 Å². The van der Waals surface area contributed by atoms with Gasteiger partial charge in [0.1, 0.15) is 5.82 Å². The van der Waals surface area contributed by atoms with Crippen molar-refractivity contribution in [3.63, 3.8) is 0 Å². The number of allylic oxidation sites excluding steroid dienone is 1. The average Bonchev–Trinajstić information content (AvgIpc) is 3.45. The maximum Gasteiger partial charge on any atom is 0.237 e. The molecule has 3 aromatic rings. The van der Waals surface area contributed by atoms with E-state index in [1.54, 1.807) is 6.20 Å². The molecule has 1 aromatic carbocycles. The van der Waals surface area contributed by atoms with Gasteiger partial charge in [0.15, 0.2) is 5.16 Å². The first-order valence-electron chi connectivity index (χ1n) is 9.02. The molecule has 0 spiro atoms. The second-order valence-electron chi connectivity index (χ2n) is 6.64. The number of amides is 1. The Bertz CT molecular complexity index is 990. The van der Waals surface area contributed by atoms with Crippen molar-refractivity contribution < 1.29 is 4.79 Å². The predicted octanol–water partition coefficient (Wildman–Crippen LogP) is 4.01. The fourth-order valence-electron chi connectivity index (χ4n) is 2.99. The third kappa shape index (κ3) is 3.73. The number of nitrogens with zero attached hydrogens (tertiary/aromatic N) is 4. The molecule has 1 atom stereocenters. The van der Waals surface area contributed by atoms with E-state index >= 15 is 0 Å². The summed E-state index contributed by atoms with van der Waals surface area (Å²) in [5.74, 6) is 1.43. The molecule has 0 bridgehead atoms. The maximum absolute atomic E-state index is 12.8. The summed E-state index contributed by atoms with van der Waals surface area (Å²) in [4.78, 5) is 17.1. The van der Waals surface area contributed by atoms with Gasteiger partial charge in [0.2, 0.25) is 5.91 Å². The smallest absolute Gasteiger partial charge is 0.237 e. The minimum Gasteiger partial charge on any atom is -0.324 e. The molecule has 138 valence electrons.